The van der Waals surface area contributed by atoms with Gasteiger partial charge in [-0.1, -0.05) is 13.0 Å². The average Bonchev–Trinajstić information content (AvgIpc) is 3.05. The van der Waals surface area contributed by atoms with E-state index in [1.165, 1.54) is 0 Å². The Kier molecular flexibility index (Phi) is 3.08. The third kappa shape index (κ3) is 2.39. The Morgan fingerprint density at radius 2 is 2.37 bits per heavy atom. The van der Waals surface area contributed by atoms with Crippen LogP contribution in [-0.4, -0.2) is 16.5 Å². The van der Waals surface area contributed by atoms with Crippen LogP contribution in [0.4, 0.5) is 11.7 Å². The number of fused-ring (bicyclic) bond motifs is 1. The van der Waals surface area contributed by atoms with Crippen LogP contribution in [0.3, 0.4) is 0 Å². The Bertz CT molecular complexity index is 677. The van der Waals surface area contributed by atoms with Gasteiger partial charge in [0.15, 0.2) is 5.58 Å². The molecule has 0 saturated carbocycles. The molecule has 3 N–H and O–H groups in total. The van der Waals surface area contributed by atoms with Crippen molar-refractivity contribution in [3.63, 3.8) is 0 Å². The molecule has 0 aliphatic carbocycles. The van der Waals surface area contributed by atoms with Crippen molar-refractivity contribution in [2.75, 3.05) is 17.6 Å². The fourth-order valence-electron chi connectivity index (χ4n) is 1.85. The second kappa shape index (κ2) is 4.89. The molecule has 0 radical (unpaired) electrons. The van der Waals surface area contributed by atoms with Crippen LogP contribution in [0.25, 0.3) is 11.1 Å². The van der Waals surface area contributed by atoms with Crippen molar-refractivity contribution in [1.29, 1.82) is 0 Å². The maximum Gasteiger partial charge on any atom is 0.295 e. The zero-order valence-electron chi connectivity index (χ0n) is 10.5. The Morgan fingerprint density at radius 3 is 3.11 bits per heavy atom. The number of anilines is 2. The van der Waals surface area contributed by atoms with Gasteiger partial charge < -0.3 is 15.5 Å². The largest absolute Gasteiger partial charge is 0.423 e. The van der Waals surface area contributed by atoms with E-state index in [1.807, 2.05) is 29.8 Å². The first-order valence-corrected chi connectivity index (χ1v) is 6.90. The lowest BCUT2D eigenvalue weighted by Crippen LogP contribution is -2.09. The zero-order chi connectivity index (χ0) is 13.2. The quantitative estimate of drug-likeness (QED) is 0.715. The molecule has 2 aromatic heterocycles. The maximum absolute atomic E-state index is 5.84. The van der Waals surface area contributed by atoms with E-state index in [9.17, 15) is 0 Å². The molecule has 5 nitrogen and oxygen atoms in total. The van der Waals surface area contributed by atoms with E-state index in [1.54, 1.807) is 11.3 Å². The van der Waals surface area contributed by atoms with Crippen molar-refractivity contribution in [1.82, 2.24) is 9.97 Å². The summed E-state index contributed by atoms with van der Waals surface area (Å²) >= 11 is 1.65. The van der Waals surface area contributed by atoms with Crippen LogP contribution in [0.5, 0.6) is 0 Å². The van der Waals surface area contributed by atoms with E-state index in [2.05, 4.69) is 22.2 Å². The number of aromatic nitrogens is 2. The minimum absolute atomic E-state index is 0.312. The normalized spacial score (nSPS) is 12.7. The standard InChI is InChI=1S/C13H14N4OS/c1-8(12-15-5-6-19-12)7-16-13-17-11-9(14)3-2-4-10(11)18-13/h2-6,8H,7,14H2,1H3,(H,16,17). The second-order valence-electron chi connectivity index (χ2n) is 4.37. The first-order chi connectivity index (χ1) is 9.24. The van der Waals surface area contributed by atoms with Gasteiger partial charge in [-0.2, -0.15) is 4.98 Å². The van der Waals surface area contributed by atoms with E-state index >= 15 is 0 Å². The SMILES string of the molecule is CC(CNc1nc2c(N)cccc2o1)c1nccs1. The predicted octanol–water partition coefficient (Wildman–Crippen LogP) is 3.08. The maximum atomic E-state index is 5.84. The summed E-state index contributed by atoms with van der Waals surface area (Å²) in [5, 5.41) is 6.26. The fraction of sp³-hybridized carbons (Fsp3) is 0.231. The smallest absolute Gasteiger partial charge is 0.295 e. The van der Waals surface area contributed by atoms with Crippen LogP contribution >= 0.6 is 11.3 Å². The van der Waals surface area contributed by atoms with Crippen LogP contribution < -0.4 is 11.1 Å². The van der Waals surface area contributed by atoms with Crippen molar-refractivity contribution >= 4 is 34.1 Å². The van der Waals surface area contributed by atoms with Gasteiger partial charge >= 0.3 is 0 Å². The first kappa shape index (κ1) is 12.0. The van der Waals surface area contributed by atoms with E-state index in [4.69, 9.17) is 10.2 Å². The molecule has 0 spiro atoms. The molecule has 3 aromatic rings. The minimum atomic E-state index is 0.312. The van der Waals surface area contributed by atoms with Crippen LogP contribution in [-0.2, 0) is 0 Å². The van der Waals surface area contributed by atoms with Crippen molar-refractivity contribution in [3.05, 3.63) is 34.8 Å². The molecule has 0 aliphatic rings. The number of nitrogens with two attached hydrogens (primary N) is 1. The predicted molar refractivity (Wildman–Crippen MR) is 77.4 cm³/mol. The molecule has 1 unspecified atom stereocenters. The highest BCUT2D eigenvalue weighted by atomic mass is 32.1. The van der Waals surface area contributed by atoms with Gasteiger partial charge in [-0.05, 0) is 12.1 Å². The summed E-state index contributed by atoms with van der Waals surface area (Å²) in [4.78, 5) is 8.64. The van der Waals surface area contributed by atoms with Crippen molar-refractivity contribution in [2.24, 2.45) is 0 Å². The Morgan fingerprint density at radius 1 is 1.47 bits per heavy atom. The molecule has 0 bridgehead atoms. The molecule has 0 saturated heterocycles. The van der Waals surface area contributed by atoms with E-state index in [0.717, 1.165) is 11.6 Å². The lowest BCUT2D eigenvalue weighted by atomic mass is 10.2. The number of nitrogens with one attached hydrogen (secondary N) is 1. The highest BCUT2D eigenvalue weighted by Crippen LogP contribution is 2.24. The van der Waals surface area contributed by atoms with Crippen LogP contribution in [0.2, 0.25) is 0 Å². The van der Waals surface area contributed by atoms with Crippen LogP contribution in [0, 0.1) is 0 Å². The lowest BCUT2D eigenvalue weighted by Gasteiger charge is -2.07. The molecule has 0 aliphatic heterocycles. The molecule has 1 aromatic carbocycles. The molecule has 3 rings (SSSR count). The van der Waals surface area contributed by atoms with E-state index < -0.39 is 0 Å². The number of oxazole rings is 1. The molecule has 1 atom stereocenters. The lowest BCUT2D eigenvalue weighted by molar-refractivity contribution is 0.608. The first-order valence-electron chi connectivity index (χ1n) is 6.02. The molecule has 98 valence electrons. The number of thiazole rings is 1. The molecule has 0 fully saturated rings. The topological polar surface area (TPSA) is 77.0 Å². The summed E-state index contributed by atoms with van der Waals surface area (Å²) in [7, 11) is 0. The van der Waals surface area contributed by atoms with Gasteiger partial charge in [-0.25, -0.2) is 4.98 Å². The Hall–Kier alpha value is -2.08. The molecule has 0 amide bonds. The molecule has 2 heterocycles. The summed E-state index contributed by atoms with van der Waals surface area (Å²) in [6.45, 7) is 2.84. The van der Waals surface area contributed by atoms with Crippen LogP contribution in [0.15, 0.2) is 34.2 Å². The monoisotopic (exact) mass is 274 g/mol. The molecule has 19 heavy (non-hydrogen) atoms. The summed E-state index contributed by atoms with van der Waals surface area (Å²) in [6, 6.07) is 6.02. The second-order valence-corrected chi connectivity index (χ2v) is 5.29. The third-order valence-corrected chi connectivity index (χ3v) is 3.89. The van der Waals surface area contributed by atoms with Crippen LogP contribution in [0.1, 0.15) is 17.8 Å². The average molecular weight is 274 g/mol. The summed E-state index contributed by atoms with van der Waals surface area (Å²) in [5.41, 5.74) is 7.87. The minimum Gasteiger partial charge on any atom is -0.423 e. The van der Waals surface area contributed by atoms with Gasteiger partial charge in [0.25, 0.3) is 6.01 Å². The van der Waals surface area contributed by atoms with Gasteiger partial charge in [0.1, 0.15) is 5.52 Å². The highest BCUT2D eigenvalue weighted by Gasteiger charge is 2.11. The number of nitrogen functional groups attached to an aromatic ring is 1. The van der Waals surface area contributed by atoms with Crippen molar-refractivity contribution in [3.8, 4) is 0 Å². The summed E-state index contributed by atoms with van der Waals surface area (Å²) in [5.74, 6) is 0.312. The number of hydrogen-bond acceptors (Lipinski definition) is 6. The third-order valence-electron chi connectivity index (χ3n) is 2.88. The number of hydrogen-bond donors (Lipinski definition) is 2. The van der Waals surface area contributed by atoms with E-state index in [0.29, 0.717) is 28.7 Å². The van der Waals surface area contributed by atoms with Gasteiger partial charge in [-0.15, -0.1) is 11.3 Å². The zero-order valence-corrected chi connectivity index (χ0v) is 11.3. The summed E-state index contributed by atoms with van der Waals surface area (Å²) in [6.07, 6.45) is 1.82. The summed E-state index contributed by atoms with van der Waals surface area (Å²) < 4.78 is 5.60. The Balaban J connectivity index is 1.73. The van der Waals surface area contributed by atoms with Crippen molar-refractivity contribution < 1.29 is 4.42 Å². The van der Waals surface area contributed by atoms with Gasteiger partial charge in [0, 0.05) is 24.0 Å². The van der Waals surface area contributed by atoms with Gasteiger partial charge in [-0.3, -0.25) is 0 Å². The number of benzene rings is 1. The number of para-hydroxylation sites is 1. The van der Waals surface area contributed by atoms with Gasteiger partial charge in [0.05, 0.1) is 10.7 Å². The fourth-order valence-corrected chi connectivity index (χ4v) is 2.55. The van der Waals surface area contributed by atoms with E-state index in [-0.39, 0.29) is 0 Å². The number of rotatable bonds is 4. The number of nitrogens with zero attached hydrogens (tertiary/aromatic N) is 2. The van der Waals surface area contributed by atoms with Gasteiger partial charge in [0.2, 0.25) is 0 Å². The molecule has 6 heteroatoms. The molecular weight excluding hydrogens is 260 g/mol. The molecular formula is C13H14N4OS. The highest BCUT2D eigenvalue weighted by molar-refractivity contribution is 7.09. The van der Waals surface area contributed by atoms with Crippen molar-refractivity contribution in [2.45, 2.75) is 12.8 Å². The Labute approximate surface area is 114 Å².